The maximum atomic E-state index is 5.82. The van der Waals surface area contributed by atoms with Crippen molar-refractivity contribution in [2.45, 2.75) is 37.6 Å². The summed E-state index contributed by atoms with van der Waals surface area (Å²) in [6.45, 7) is 6.30. The first-order chi connectivity index (χ1) is 13.1. The minimum atomic E-state index is 0.224. The molecule has 0 spiro atoms. The van der Waals surface area contributed by atoms with Crippen LogP contribution in [0.2, 0.25) is 0 Å². The van der Waals surface area contributed by atoms with Gasteiger partial charge in [-0.25, -0.2) is 9.97 Å². The van der Waals surface area contributed by atoms with Crippen molar-refractivity contribution in [3.05, 3.63) is 65.3 Å². The van der Waals surface area contributed by atoms with E-state index in [1.165, 1.54) is 11.8 Å². The number of benzene rings is 2. The third-order valence-corrected chi connectivity index (χ3v) is 4.94. The molecule has 4 aromatic rings. The van der Waals surface area contributed by atoms with Crippen molar-refractivity contribution in [1.29, 1.82) is 0 Å². The van der Waals surface area contributed by atoms with E-state index in [1.54, 1.807) is 6.33 Å². The van der Waals surface area contributed by atoms with Crippen LogP contribution in [0, 0.1) is 20.8 Å². The fraction of sp³-hybridized carbons (Fsp3) is 0.200. The molecule has 0 aliphatic heterocycles. The molecule has 0 radical (unpaired) electrons. The summed E-state index contributed by atoms with van der Waals surface area (Å²) in [5, 5.41) is 10.4. The van der Waals surface area contributed by atoms with E-state index in [4.69, 9.17) is 9.15 Å². The van der Waals surface area contributed by atoms with Gasteiger partial charge in [-0.15, -0.1) is 10.2 Å². The minimum Gasteiger partial charge on any atom is -0.484 e. The Hall–Kier alpha value is -2.93. The Labute approximate surface area is 161 Å². The van der Waals surface area contributed by atoms with Crippen molar-refractivity contribution in [3.8, 4) is 5.75 Å². The molecule has 0 atom stereocenters. The predicted molar refractivity (Wildman–Crippen MR) is 103 cm³/mol. The molecule has 0 aliphatic rings. The fourth-order valence-corrected chi connectivity index (χ4v) is 3.41. The Bertz CT molecular complexity index is 1110. The van der Waals surface area contributed by atoms with Crippen molar-refractivity contribution in [2.75, 3.05) is 0 Å². The van der Waals surface area contributed by atoms with Gasteiger partial charge < -0.3 is 9.15 Å². The molecular weight excluding hydrogens is 360 g/mol. The van der Waals surface area contributed by atoms with E-state index in [1.807, 2.05) is 45.0 Å². The van der Waals surface area contributed by atoms with Gasteiger partial charge in [-0.05, 0) is 61.9 Å². The van der Waals surface area contributed by atoms with Crippen LogP contribution in [0.15, 0.2) is 57.4 Å². The zero-order valence-electron chi connectivity index (χ0n) is 15.3. The Morgan fingerprint density at radius 2 is 1.78 bits per heavy atom. The molecule has 0 fully saturated rings. The van der Waals surface area contributed by atoms with E-state index in [-0.39, 0.29) is 6.61 Å². The second-order valence-electron chi connectivity index (χ2n) is 6.32. The van der Waals surface area contributed by atoms with Crippen LogP contribution in [0.25, 0.3) is 10.9 Å². The van der Waals surface area contributed by atoms with E-state index in [9.17, 15) is 0 Å². The summed E-state index contributed by atoms with van der Waals surface area (Å²) in [4.78, 5) is 8.66. The number of aryl methyl sites for hydroxylation is 3. The van der Waals surface area contributed by atoms with Crippen LogP contribution in [0.5, 0.6) is 5.75 Å². The molecule has 6 nitrogen and oxygen atoms in total. The fourth-order valence-electron chi connectivity index (χ4n) is 2.65. The maximum absolute atomic E-state index is 5.82. The lowest BCUT2D eigenvalue weighted by atomic mass is 10.1. The van der Waals surface area contributed by atoms with E-state index in [0.717, 1.165) is 38.4 Å². The van der Waals surface area contributed by atoms with E-state index in [0.29, 0.717) is 11.1 Å². The van der Waals surface area contributed by atoms with E-state index >= 15 is 0 Å². The van der Waals surface area contributed by atoms with Crippen LogP contribution in [0.1, 0.15) is 22.6 Å². The van der Waals surface area contributed by atoms with Crippen molar-refractivity contribution < 1.29 is 9.15 Å². The molecule has 0 saturated carbocycles. The minimum absolute atomic E-state index is 0.224. The summed E-state index contributed by atoms with van der Waals surface area (Å²) >= 11 is 1.33. The number of ether oxygens (including phenoxy) is 1. The van der Waals surface area contributed by atoms with Gasteiger partial charge >= 0.3 is 0 Å². The number of nitrogens with zero attached hydrogens (tertiary/aromatic N) is 4. The highest BCUT2D eigenvalue weighted by Gasteiger charge is 2.13. The van der Waals surface area contributed by atoms with Crippen molar-refractivity contribution in [1.82, 2.24) is 20.2 Å². The van der Waals surface area contributed by atoms with E-state index < -0.39 is 0 Å². The van der Waals surface area contributed by atoms with Gasteiger partial charge in [0.25, 0.3) is 11.1 Å². The van der Waals surface area contributed by atoms with Crippen LogP contribution in [0.3, 0.4) is 0 Å². The third kappa shape index (κ3) is 3.93. The summed E-state index contributed by atoms with van der Waals surface area (Å²) in [5.74, 6) is 1.24. The van der Waals surface area contributed by atoms with Gasteiger partial charge in [0.05, 0.1) is 5.52 Å². The van der Waals surface area contributed by atoms with Gasteiger partial charge in [0.2, 0.25) is 0 Å². The second-order valence-corrected chi connectivity index (χ2v) is 7.26. The van der Waals surface area contributed by atoms with Gasteiger partial charge in [-0.2, -0.15) is 0 Å². The molecule has 27 heavy (non-hydrogen) atoms. The van der Waals surface area contributed by atoms with E-state index in [2.05, 4.69) is 32.3 Å². The lowest BCUT2D eigenvalue weighted by Crippen LogP contribution is -1.97. The molecule has 0 bridgehead atoms. The van der Waals surface area contributed by atoms with Crippen LogP contribution in [-0.2, 0) is 6.61 Å². The van der Waals surface area contributed by atoms with Gasteiger partial charge in [0.15, 0.2) is 6.61 Å². The third-order valence-electron chi connectivity index (χ3n) is 4.08. The highest BCUT2D eigenvalue weighted by Crippen LogP contribution is 2.30. The highest BCUT2D eigenvalue weighted by molar-refractivity contribution is 7.99. The number of rotatable bonds is 5. The second kappa shape index (κ2) is 7.36. The lowest BCUT2D eigenvalue weighted by Gasteiger charge is -2.07. The topological polar surface area (TPSA) is 73.9 Å². The smallest absolute Gasteiger partial charge is 0.283 e. The Balaban J connectivity index is 1.50. The molecular formula is C20H18N4O2S. The Kier molecular flexibility index (Phi) is 4.77. The first-order valence-corrected chi connectivity index (χ1v) is 9.32. The molecule has 136 valence electrons. The van der Waals surface area contributed by atoms with Crippen molar-refractivity contribution >= 4 is 22.7 Å². The molecule has 2 aromatic heterocycles. The summed E-state index contributed by atoms with van der Waals surface area (Å²) in [6, 6.07) is 12.1. The summed E-state index contributed by atoms with van der Waals surface area (Å²) in [5.41, 5.74) is 4.24. The van der Waals surface area contributed by atoms with Crippen LogP contribution < -0.4 is 4.74 Å². The molecule has 0 unspecified atom stereocenters. The monoisotopic (exact) mass is 378 g/mol. The zero-order chi connectivity index (χ0) is 18.8. The lowest BCUT2D eigenvalue weighted by molar-refractivity contribution is 0.250. The summed E-state index contributed by atoms with van der Waals surface area (Å²) in [7, 11) is 0. The van der Waals surface area contributed by atoms with Crippen molar-refractivity contribution in [2.24, 2.45) is 0 Å². The summed E-state index contributed by atoms with van der Waals surface area (Å²) < 4.78 is 11.5. The SMILES string of the molecule is Cc1ccc(C)c(OCc2nnc(Sc3ncnc4ccc(C)cc34)o2)c1. The van der Waals surface area contributed by atoms with Gasteiger partial charge in [-0.3, -0.25) is 0 Å². The number of aromatic nitrogens is 4. The molecule has 0 N–H and O–H groups in total. The first-order valence-electron chi connectivity index (χ1n) is 8.50. The maximum Gasteiger partial charge on any atom is 0.283 e. The predicted octanol–water partition coefficient (Wildman–Crippen LogP) is 4.67. The molecule has 4 rings (SSSR count). The normalized spacial score (nSPS) is 11.1. The average Bonchev–Trinajstić information content (AvgIpc) is 3.10. The molecule has 0 aliphatic carbocycles. The molecule has 0 saturated heterocycles. The molecule has 0 amide bonds. The standard InChI is InChI=1S/C20H18N4O2S/c1-12-5-7-16-15(8-12)19(22-11-21-16)27-20-24-23-18(26-20)10-25-17-9-13(2)4-6-14(17)3/h4-9,11H,10H2,1-3H3. The Morgan fingerprint density at radius 1 is 0.963 bits per heavy atom. The van der Waals surface area contributed by atoms with Crippen molar-refractivity contribution in [3.63, 3.8) is 0 Å². The van der Waals surface area contributed by atoms with Crippen LogP contribution in [-0.4, -0.2) is 20.2 Å². The number of hydrogen-bond acceptors (Lipinski definition) is 7. The Morgan fingerprint density at radius 3 is 2.67 bits per heavy atom. The van der Waals surface area contributed by atoms with Gasteiger partial charge in [-0.1, -0.05) is 23.8 Å². The molecule has 2 heterocycles. The largest absolute Gasteiger partial charge is 0.484 e. The van der Waals surface area contributed by atoms with Crippen LogP contribution >= 0.6 is 11.8 Å². The number of fused-ring (bicyclic) bond motifs is 1. The number of hydrogen-bond donors (Lipinski definition) is 0. The molecule has 2 aromatic carbocycles. The highest BCUT2D eigenvalue weighted by atomic mass is 32.2. The van der Waals surface area contributed by atoms with Gasteiger partial charge in [0, 0.05) is 5.39 Å². The summed E-state index contributed by atoms with van der Waals surface area (Å²) in [6.07, 6.45) is 1.54. The van der Waals surface area contributed by atoms with Crippen LogP contribution in [0.4, 0.5) is 0 Å². The zero-order valence-corrected chi connectivity index (χ0v) is 16.1. The first kappa shape index (κ1) is 17.5. The average molecular weight is 378 g/mol. The van der Waals surface area contributed by atoms with Gasteiger partial charge in [0.1, 0.15) is 17.1 Å². The quantitative estimate of drug-likeness (QED) is 0.467. The molecule has 7 heteroatoms.